The molecule has 0 fully saturated rings. The van der Waals surface area contributed by atoms with Gasteiger partial charge >= 0.3 is 0 Å². The molecule has 0 unspecified atom stereocenters. The van der Waals surface area contributed by atoms with Crippen LogP contribution in [-0.2, 0) is 11.0 Å². The second-order valence-electron chi connectivity index (χ2n) is 5.83. The third-order valence-corrected chi connectivity index (χ3v) is 2.63. The summed E-state index contributed by atoms with van der Waals surface area (Å²) in [4.78, 5) is 0. The summed E-state index contributed by atoms with van der Waals surface area (Å²) >= 11 is 3.42. The molecule has 1 aromatic rings. The Labute approximate surface area is 116 Å². The van der Waals surface area contributed by atoms with Gasteiger partial charge in [0.05, 0.1) is 6.61 Å². The minimum Gasteiger partial charge on any atom is -0.413 e. The molecule has 1 radical (unpaired) electrons. The van der Waals surface area contributed by atoms with Gasteiger partial charge in [0.25, 0.3) is 0 Å². The van der Waals surface area contributed by atoms with Gasteiger partial charge in [-0.3, -0.25) is 0 Å². The van der Waals surface area contributed by atoms with Crippen LogP contribution in [0.25, 0.3) is 0 Å². The van der Waals surface area contributed by atoms with E-state index < -0.39 is 9.04 Å². The number of hydrogen-bond acceptors (Lipinski definition) is 1. The molecule has 0 bridgehead atoms. The van der Waals surface area contributed by atoms with Gasteiger partial charge in [-0.25, -0.2) is 0 Å². The largest absolute Gasteiger partial charge is 0.413 e. The molecular weight excluding hydrogens is 292 g/mol. The van der Waals surface area contributed by atoms with E-state index in [0.717, 1.165) is 11.1 Å². The molecule has 97 valence electrons. The molecule has 17 heavy (non-hydrogen) atoms. The van der Waals surface area contributed by atoms with Crippen molar-refractivity contribution in [1.82, 2.24) is 0 Å². The van der Waals surface area contributed by atoms with E-state index in [1.165, 1.54) is 5.56 Å². The Hall–Kier alpha value is -0.123. The lowest BCUT2D eigenvalue weighted by molar-refractivity contribution is 0.314. The number of benzene rings is 1. The quantitative estimate of drug-likeness (QED) is 0.690. The van der Waals surface area contributed by atoms with Crippen LogP contribution in [0.3, 0.4) is 0 Å². The molecule has 0 aliphatic carbocycles. The first kappa shape index (κ1) is 16.9. The molecule has 1 aromatic carbocycles. The average Bonchev–Trinajstić information content (AvgIpc) is 2.12. The van der Waals surface area contributed by atoms with Gasteiger partial charge in [0.1, 0.15) is 0 Å². The third kappa shape index (κ3) is 13.8. The van der Waals surface area contributed by atoms with Crippen LogP contribution in [0.15, 0.2) is 28.7 Å². The van der Waals surface area contributed by atoms with Gasteiger partial charge in [-0.05, 0) is 36.2 Å². The maximum absolute atomic E-state index is 5.56. The van der Waals surface area contributed by atoms with Gasteiger partial charge in [0.15, 0.2) is 0 Å². The summed E-state index contributed by atoms with van der Waals surface area (Å²) in [7, 11) is -0.560. The summed E-state index contributed by atoms with van der Waals surface area (Å²) in [5.41, 5.74) is 1.73. The third-order valence-electron chi connectivity index (χ3n) is 1.42. The van der Waals surface area contributed by atoms with E-state index in [0.29, 0.717) is 5.41 Å². The van der Waals surface area contributed by atoms with Gasteiger partial charge in [-0.1, -0.05) is 55.8 Å². The van der Waals surface area contributed by atoms with E-state index in [1.807, 2.05) is 12.1 Å². The van der Waals surface area contributed by atoms with E-state index in [-0.39, 0.29) is 0 Å². The first-order valence-corrected chi connectivity index (χ1v) is 9.06. The minimum atomic E-state index is -0.560. The maximum atomic E-state index is 5.56. The predicted molar refractivity (Wildman–Crippen MR) is 81.5 cm³/mol. The van der Waals surface area contributed by atoms with Crippen LogP contribution in [0.4, 0.5) is 0 Å². The van der Waals surface area contributed by atoms with E-state index in [4.69, 9.17) is 4.43 Å². The average molecular weight is 316 g/mol. The van der Waals surface area contributed by atoms with Crippen LogP contribution in [0.1, 0.15) is 33.3 Å². The number of rotatable bonds is 3. The molecule has 0 heterocycles. The Morgan fingerprint density at radius 2 is 1.71 bits per heavy atom. The van der Waals surface area contributed by atoms with Crippen molar-refractivity contribution >= 4 is 25.0 Å². The van der Waals surface area contributed by atoms with Gasteiger partial charge in [0.2, 0.25) is 9.04 Å². The summed E-state index contributed by atoms with van der Waals surface area (Å²) in [6, 6.07) is 8.22. The standard InChI is InChI=1S/C9H12BrOSi.C5H12/c1-12(2)11-7-8-4-3-5-9(10)6-8;1-5(2,3)4/h3-6H,7H2,1-2H3;1-4H3. The fourth-order valence-electron chi connectivity index (χ4n) is 0.854. The zero-order valence-electron chi connectivity index (χ0n) is 11.8. The lowest BCUT2D eigenvalue weighted by Gasteiger charge is -2.05. The molecule has 0 saturated carbocycles. The normalized spacial score (nSPS) is 11.1. The second kappa shape index (κ2) is 8.06. The van der Waals surface area contributed by atoms with Crippen molar-refractivity contribution in [2.45, 2.75) is 47.4 Å². The van der Waals surface area contributed by atoms with Crippen molar-refractivity contribution in [1.29, 1.82) is 0 Å². The summed E-state index contributed by atoms with van der Waals surface area (Å²) in [6.07, 6.45) is 0. The Morgan fingerprint density at radius 1 is 1.18 bits per heavy atom. The van der Waals surface area contributed by atoms with E-state index in [1.54, 1.807) is 0 Å². The van der Waals surface area contributed by atoms with Gasteiger partial charge in [-0.2, -0.15) is 0 Å². The first-order valence-electron chi connectivity index (χ1n) is 5.86. The van der Waals surface area contributed by atoms with Crippen LogP contribution in [0, 0.1) is 5.41 Å². The van der Waals surface area contributed by atoms with Crippen molar-refractivity contribution in [3.63, 3.8) is 0 Å². The maximum Gasteiger partial charge on any atom is 0.205 e. The molecule has 0 N–H and O–H groups in total. The van der Waals surface area contributed by atoms with Crippen LogP contribution in [0.5, 0.6) is 0 Å². The predicted octanol–water partition coefficient (Wildman–Crippen LogP) is 5.27. The summed E-state index contributed by atoms with van der Waals surface area (Å²) in [6.45, 7) is 13.8. The number of hydrogen-bond donors (Lipinski definition) is 0. The zero-order valence-corrected chi connectivity index (χ0v) is 14.4. The fourth-order valence-corrected chi connectivity index (χ4v) is 1.76. The van der Waals surface area contributed by atoms with Crippen LogP contribution in [-0.4, -0.2) is 9.04 Å². The molecule has 0 aliphatic heterocycles. The van der Waals surface area contributed by atoms with Crippen LogP contribution in [0.2, 0.25) is 13.1 Å². The Bertz CT molecular complexity index is 312. The fraction of sp³-hybridized carbons (Fsp3) is 0.571. The lowest BCUT2D eigenvalue weighted by atomic mass is 10.0. The monoisotopic (exact) mass is 315 g/mol. The van der Waals surface area contributed by atoms with Gasteiger partial charge < -0.3 is 4.43 Å². The molecule has 0 saturated heterocycles. The van der Waals surface area contributed by atoms with Crippen LogP contribution < -0.4 is 0 Å². The molecule has 1 nitrogen and oxygen atoms in total. The van der Waals surface area contributed by atoms with E-state index >= 15 is 0 Å². The van der Waals surface area contributed by atoms with E-state index in [9.17, 15) is 0 Å². The first-order chi connectivity index (χ1) is 7.68. The summed E-state index contributed by atoms with van der Waals surface area (Å²) in [5, 5.41) is 0. The van der Waals surface area contributed by atoms with Crippen molar-refractivity contribution in [2.75, 3.05) is 0 Å². The van der Waals surface area contributed by atoms with Crippen molar-refractivity contribution in [3.8, 4) is 0 Å². The lowest BCUT2D eigenvalue weighted by Crippen LogP contribution is -2.06. The highest BCUT2D eigenvalue weighted by Gasteiger charge is 1.98. The summed E-state index contributed by atoms with van der Waals surface area (Å²) < 4.78 is 6.68. The zero-order chi connectivity index (χ0) is 13.5. The SMILES string of the molecule is CC(C)(C)C.C[Si](C)OCc1cccc(Br)c1. The molecule has 0 aromatic heterocycles. The van der Waals surface area contributed by atoms with Gasteiger partial charge in [0, 0.05) is 4.47 Å². The van der Waals surface area contributed by atoms with Gasteiger partial charge in [-0.15, -0.1) is 0 Å². The smallest absolute Gasteiger partial charge is 0.205 e. The van der Waals surface area contributed by atoms with Crippen molar-refractivity contribution in [2.24, 2.45) is 5.41 Å². The minimum absolute atomic E-state index is 0.500. The topological polar surface area (TPSA) is 9.23 Å². The molecule has 0 aliphatic rings. The highest BCUT2D eigenvalue weighted by Crippen LogP contribution is 2.12. The molecule has 3 heteroatoms. The second-order valence-corrected chi connectivity index (χ2v) is 8.85. The highest BCUT2D eigenvalue weighted by molar-refractivity contribution is 9.10. The van der Waals surface area contributed by atoms with Crippen LogP contribution >= 0.6 is 15.9 Å². The Balaban J connectivity index is 0.000000437. The highest BCUT2D eigenvalue weighted by atomic mass is 79.9. The molecule has 0 atom stereocenters. The van der Waals surface area contributed by atoms with Crippen molar-refractivity contribution in [3.05, 3.63) is 34.3 Å². The van der Waals surface area contributed by atoms with Crippen molar-refractivity contribution < 1.29 is 4.43 Å². The Morgan fingerprint density at radius 3 is 2.12 bits per heavy atom. The molecule has 0 spiro atoms. The molecule has 0 amide bonds. The molecular formula is C14H24BrOSi. The molecule has 1 rings (SSSR count). The van der Waals surface area contributed by atoms with E-state index in [2.05, 4.69) is 68.9 Å². The number of halogens is 1. The summed E-state index contributed by atoms with van der Waals surface area (Å²) in [5.74, 6) is 0. The Kier molecular flexibility index (Phi) is 8.00.